The van der Waals surface area contributed by atoms with E-state index in [9.17, 15) is 4.79 Å². The van der Waals surface area contributed by atoms with E-state index in [-0.39, 0.29) is 5.97 Å². The van der Waals surface area contributed by atoms with Gasteiger partial charge in [0, 0.05) is 14.1 Å². The summed E-state index contributed by atoms with van der Waals surface area (Å²) in [5.41, 5.74) is 2.00. The van der Waals surface area contributed by atoms with Crippen molar-refractivity contribution in [2.75, 3.05) is 31.4 Å². The summed E-state index contributed by atoms with van der Waals surface area (Å²) < 4.78 is 4.66. The molecule has 2 aromatic rings. The lowest BCUT2D eigenvalue weighted by atomic mass is 10.2. The number of nitrogens with one attached hydrogen (secondary N) is 1. The van der Waals surface area contributed by atoms with Gasteiger partial charge in [0.25, 0.3) is 0 Å². The zero-order chi connectivity index (χ0) is 13.8. The second-order valence-electron chi connectivity index (χ2n) is 4.06. The van der Waals surface area contributed by atoms with Crippen LogP contribution >= 0.6 is 11.3 Å². The Morgan fingerprint density at radius 2 is 2.11 bits per heavy atom. The second kappa shape index (κ2) is 5.71. The minimum Gasteiger partial charge on any atom is -0.465 e. The van der Waals surface area contributed by atoms with E-state index in [1.807, 2.05) is 43.3 Å². The largest absolute Gasteiger partial charge is 0.465 e. The van der Waals surface area contributed by atoms with E-state index >= 15 is 0 Å². The fraction of sp³-hybridized carbons (Fsp3) is 0.231. The first kappa shape index (κ1) is 13.4. The molecule has 1 heterocycles. The number of nitrogens with zero attached hydrogens (tertiary/aromatic N) is 2. The molecular formula is C13H15N3O2S. The Morgan fingerprint density at radius 3 is 2.79 bits per heavy atom. The maximum atomic E-state index is 11.4. The first-order valence-electron chi connectivity index (χ1n) is 5.69. The average molecular weight is 277 g/mol. The van der Waals surface area contributed by atoms with Crippen molar-refractivity contribution in [3.8, 4) is 0 Å². The molecular weight excluding hydrogens is 262 g/mol. The summed E-state index contributed by atoms with van der Waals surface area (Å²) in [6, 6.07) is 7.90. The highest BCUT2D eigenvalue weighted by atomic mass is 32.1. The number of hydrogen-bond donors (Lipinski definition) is 1. The van der Waals surface area contributed by atoms with Crippen LogP contribution in [0.4, 0.5) is 16.5 Å². The molecule has 0 aliphatic heterocycles. The van der Waals surface area contributed by atoms with Crippen LogP contribution in [0.3, 0.4) is 0 Å². The normalized spacial score (nSPS) is 10.1. The van der Waals surface area contributed by atoms with Crippen molar-refractivity contribution >= 4 is 33.8 Å². The van der Waals surface area contributed by atoms with Crippen molar-refractivity contribution < 1.29 is 9.53 Å². The number of hydrogen-bond acceptors (Lipinski definition) is 6. The van der Waals surface area contributed by atoms with E-state index in [0.29, 0.717) is 10.0 Å². The third kappa shape index (κ3) is 3.03. The van der Waals surface area contributed by atoms with Crippen molar-refractivity contribution in [2.45, 2.75) is 0 Å². The fourth-order valence-electron chi connectivity index (χ4n) is 1.61. The molecule has 0 saturated heterocycles. The standard InChI is InChI=1S/C13H15N3O2S/c1-16(2)10-7-5-4-6-9(10)15-13-14-8-11(19-13)12(17)18-3/h4-8H,1-3H3,(H,14,15). The lowest BCUT2D eigenvalue weighted by molar-refractivity contribution is 0.0606. The molecule has 0 unspecified atom stereocenters. The molecule has 0 bridgehead atoms. The Hall–Kier alpha value is -2.08. The van der Waals surface area contributed by atoms with Crippen LogP contribution in [-0.2, 0) is 4.74 Å². The molecule has 0 saturated carbocycles. The number of benzene rings is 1. The Kier molecular flexibility index (Phi) is 4.01. The number of thiazole rings is 1. The van der Waals surface area contributed by atoms with E-state index < -0.39 is 0 Å². The molecule has 0 spiro atoms. The SMILES string of the molecule is COC(=O)c1cnc(Nc2ccccc2N(C)C)s1. The molecule has 2 rings (SSSR count). The summed E-state index contributed by atoms with van der Waals surface area (Å²) in [5.74, 6) is -0.369. The second-order valence-corrected chi connectivity index (χ2v) is 5.09. The van der Waals surface area contributed by atoms with Crippen LogP contribution in [0.25, 0.3) is 0 Å². The molecule has 19 heavy (non-hydrogen) atoms. The number of rotatable bonds is 4. The fourth-order valence-corrected chi connectivity index (χ4v) is 2.36. The predicted octanol–water partition coefficient (Wildman–Crippen LogP) is 2.74. The highest BCUT2D eigenvalue weighted by Crippen LogP contribution is 2.29. The molecule has 0 radical (unpaired) electrons. The summed E-state index contributed by atoms with van der Waals surface area (Å²) in [6.07, 6.45) is 1.51. The van der Waals surface area contributed by atoms with Gasteiger partial charge in [-0.05, 0) is 12.1 Å². The van der Waals surface area contributed by atoms with Gasteiger partial charge in [-0.25, -0.2) is 9.78 Å². The maximum absolute atomic E-state index is 11.4. The van der Waals surface area contributed by atoms with E-state index in [1.165, 1.54) is 24.6 Å². The van der Waals surface area contributed by atoms with Gasteiger partial charge in [-0.3, -0.25) is 0 Å². The van der Waals surface area contributed by atoms with Crippen LogP contribution in [-0.4, -0.2) is 32.2 Å². The first-order chi connectivity index (χ1) is 9.11. The number of aromatic nitrogens is 1. The number of esters is 1. The summed E-state index contributed by atoms with van der Waals surface area (Å²) in [4.78, 5) is 18.0. The number of anilines is 3. The van der Waals surface area contributed by atoms with E-state index in [4.69, 9.17) is 0 Å². The lowest BCUT2D eigenvalue weighted by Gasteiger charge is -2.17. The lowest BCUT2D eigenvalue weighted by Crippen LogP contribution is -2.10. The van der Waals surface area contributed by atoms with Crippen molar-refractivity contribution in [2.24, 2.45) is 0 Å². The molecule has 0 aliphatic rings. The topological polar surface area (TPSA) is 54.5 Å². The van der Waals surface area contributed by atoms with Crippen LogP contribution in [0.15, 0.2) is 30.5 Å². The summed E-state index contributed by atoms with van der Waals surface area (Å²) in [5, 5.41) is 3.87. The highest BCUT2D eigenvalue weighted by molar-refractivity contribution is 7.17. The van der Waals surface area contributed by atoms with E-state index in [0.717, 1.165) is 11.4 Å². The van der Waals surface area contributed by atoms with Gasteiger partial charge >= 0.3 is 5.97 Å². The van der Waals surface area contributed by atoms with Crippen LogP contribution < -0.4 is 10.2 Å². The van der Waals surface area contributed by atoms with Gasteiger partial charge < -0.3 is 15.0 Å². The maximum Gasteiger partial charge on any atom is 0.349 e. The van der Waals surface area contributed by atoms with Gasteiger partial charge in [-0.15, -0.1) is 0 Å². The molecule has 5 nitrogen and oxygen atoms in total. The number of carbonyl (C=O) groups excluding carboxylic acids is 1. The smallest absolute Gasteiger partial charge is 0.349 e. The third-order valence-electron chi connectivity index (χ3n) is 2.52. The van der Waals surface area contributed by atoms with Crippen molar-refractivity contribution in [1.82, 2.24) is 4.98 Å². The van der Waals surface area contributed by atoms with Crippen LogP contribution in [0, 0.1) is 0 Å². The van der Waals surface area contributed by atoms with Gasteiger partial charge in [0.15, 0.2) is 5.13 Å². The van der Waals surface area contributed by atoms with Crippen molar-refractivity contribution in [1.29, 1.82) is 0 Å². The Balaban J connectivity index is 2.22. The van der Waals surface area contributed by atoms with Gasteiger partial charge in [0.05, 0.1) is 24.7 Å². The van der Waals surface area contributed by atoms with Crippen molar-refractivity contribution in [3.05, 3.63) is 35.3 Å². The first-order valence-corrected chi connectivity index (χ1v) is 6.51. The van der Waals surface area contributed by atoms with Crippen LogP contribution in [0.5, 0.6) is 0 Å². The zero-order valence-corrected chi connectivity index (χ0v) is 11.8. The van der Waals surface area contributed by atoms with E-state index in [2.05, 4.69) is 15.0 Å². The Bertz CT molecular complexity index is 581. The molecule has 6 heteroatoms. The molecule has 0 aliphatic carbocycles. The molecule has 1 aromatic heterocycles. The number of methoxy groups -OCH3 is 1. The summed E-state index contributed by atoms with van der Waals surface area (Å²) in [7, 11) is 5.31. The van der Waals surface area contributed by atoms with E-state index in [1.54, 1.807) is 0 Å². The number of ether oxygens (including phenoxy) is 1. The average Bonchev–Trinajstić information content (AvgIpc) is 2.86. The summed E-state index contributed by atoms with van der Waals surface area (Å²) in [6.45, 7) is 0. The molecule has 100 valence electrons. The highest BCUT2D eigenvalue weighted by Gasteiger charge is 2.11. The van der Waals surface area contributed by atoms with Gasteiger partial charge in [0.2, 0.25) is 0 Å². The van der Waals surface area contributed by atoms with Gasteiger partial charge in [-0.2, -0.15) is 0 Å². The zero-order valence-electron chi connectivity index (χ0n) is 11.0. The number of para-hydroxylation sites is 2. The van der Waals surface area contributed by atoms with Crippen molar-refractivity contribution in [3.63, 3.8) is 0 Å². The Morgan fingerprint density at radius 1 is 1.37 bits per heavy atom. The Labute approximate surface area is 115 Å². The van der Waals surface area contributed by atoms with Gasteiger partial charge in [0.1, 0.15) is 4.88 Å². The quantitative estimate of drug-likeness (QED) is 0.871. The molecule has 1 N–H and O–H groups in total. The van der Waals surface area contributed by atoms with Gasteiger partial charge in [-0.1, -0.05) is 23.5 Å². The minimum atomic E-state index is -0.369. The molecule has 0 atom stereocenters. The molecule has 1 aromatic carbocycles. The van der Waals surface area contributed by atoms with Crippen LogP contribution in [0.1, 0.15) is 9.67 Å². The summed E-state index contributed by atoms with van der Waals surface area (Å²) >= 11 is 1.27. The predicted molar refractivity (Wildman–Crippen MR) is 77.5 cm³/mol. The minimum absolute atomic E-state index is 0.369. The molecule has 0 amide bonds. The molecule has 0 fully saturated rings. The number of carbonyl (C=O) groups is 1. The third-order valence-corrected chi connectivity index (χ3v) is 3.41. The monoisotopic (exact) mass is 277 g/mol. The van der Waals surface area contributed by atoms with Crippen LogP contribution in [0.2, 0.25) is 0 Å².